The number of hydrogen-bond acceptors (Lipinski definition) is 6. The van der Waals surface area contributed by atoms with E-state index in [0.29, 0.717) is 0 Å². The van der Waals surface area contributed by atoms with E-state index in [-0.39, 0.29) is 12.2 Å². The Labute approximate surface area is 183 Å². The maximum absolute atomic E-state index is 12.3. The van der Waals surface area contributed by atoms with E-state index >= 15 is 0 Å². The van der Waals surface area contributed by atoms with Gasteiger partial charge in [0.2, 0.25) is 0 Å². The number of hydrogen-bond donors (Lipinski definition) is 3. The van der Waals surface area contributed by atoms with Crippen LogP contribution in [0.25, 0.3) is 16.8 Å². The first kappa shape index (κ1) is 22.8. The summed E-state index contributed by atoms with van der Waals surface area (Å²) in [6.07, 6.45) is 1.57. The lowest BCUT2D eigenvalue weighted by molar-refractivity contribution is -0.119. The molecule has 1 fully saturated rings. The first-order valence-electron chi connectivity index (χ1n) is 10.5. The molecule has 0 radical (unpaired) electrons. The molecule has 0 aromatic heterocycles. The predicted octanol–water partition coefficient (Wildman–Crippen LogP) is 2.38. The number of morpholine rings is 1. The molecule has 0 atom stereocenters. The van der Waals surface area contributed by atoms with Gasteiger partial charge in [0.15, 0.2) is 0 Å². The van der Waals surface area contributed by atoms with E-state index < -0.39 is 11.4 Å². The van der Waals surface area contributed by atoms with Crippen molar-refractivity contribution < 1.29 is 14.6 Å². The molecule has 1 amide bonds. The fourth-order valence-corrected chi connectivity index (χ4v) is 3.38. The Bertz CT molecular complexity index is 988. The normalized spacial score (nSPS) is 15.5. The predicted molar refractivity (Wildman–Crippen MR) is 123 cm³/mol. The van der Waals surface area contributed by atoms with E-state index in [1.54, 1.807) is 19.9 Å². The summed E-state index contributed by atoms with van der Waals surface area (Å²) in [6.45, 7) is 8.61. The molecule has 0 aliphatic carbocycles. The molecule has 31 heavy (non-hydrogen) atoms. The van der Waals surface area contributed by atoms with Gasteiger partial charge in [0, 0.05) is 31.9 Å². The van der Waals surface area contributed by atoms with Gasteiger partial charge in [0.05, 0.1) is 25.4 Å². The summed E-state index contributed by atoms with van der Waals surface area (Å²) in [5, 5.41) is 27.0. The molecular formula is C24H30N4O3. The highest BCUT2D eigenvalue weighted by molar-refractivity contribution is 6.02. The van der Waals surface area contributed by atoms with Crippen LogP contribution in [0.4, 0.5) is 5.69 Å². The van der Waals surface area contributed by atoms with Crippen LogP contribution in [-0.4, -0.2) is 67.5 Å². The first-order valence-corrected chi connectivity index (χ1v) is 10.5. The number of carbonyl (C=O) groups is 1. The van der Waals surface area contributed by atoms with Crippen LogP contribution in [-0.2, 0) is 9.53 Å². The molecule has 0 bridgehead atoms. The molecule has 1 heterocycles. The summed E-state index contributed by atoms with van der Waals surface area (Å²) in [5.74, 6) is -0.499. The average Bonchev–Trinajstić information content (AvgIpc) is 2.77. The first-order chi connectivity index (χ1) is 14.9. The van der Waals surface area contributed by atoms with Crippen LogP contribution >= 0.6 is 0 Å². The van der Waals surface area contributed by atoms with Gasteiger partial charge in [-0.1, -0.05) is 18.2 Å². The summed E-state index contributed by atoms with van der Waals surface area (Å²) in [4.78, 5) is 14.7. The lowest BCUT2D eigenvalue weighted by Gasteiger charge is -2.26. The standard InChI is InChI=1S/C24H30N4O3/c1-24(2,17-29)27-23(30)21(16-25)14-18-3-4-20-15-22(6-5-19(20)13-18)26-7-8-28-9-11-31-12-10-28/h3-6,13-15,26,29H,7-12,17H2,1-2H3,(H,27,30)/b21-14+. The average molecular weight is 423 g/mol. The van der Waals surface area contributed by atoms with Crippen molar-refractivity contribution in [3.05, 3.63) is 47.5 Å². The van der Waals surface area contributed by atoms with Gasteiger partial charge in [-0.15, -0.1) is 0 Å². The Morgan fingerprint density at radius 1 is 1.23 bits per heavy atom. The monoisotopic (exact) mass is 422 g/mol. The number of amides is 1. The maximum atomic E-state index is 12.3. The van der Waals surface area contributed by atoms with Crippen molar-refractivity contribution in [2.24, 2.45) is 0 Å². The van der Waals surface area contributed by atoms with Gasteiger partial charge in [-0.2, -0.15) is 5.26 Å². The second kappa shape index (κ2) is 10.4. The summed E-state index contributed by atoms with van der Waals surface area (Å²) < 4.78 is 5.38. The highest BCUT2D eigenvalue weighted by Crippen LogP contribution is 2.22. The molecule has 0 saturated carbocycles. The molecule has 0 spiro atoms. The van der Waals surface area contributed by atoms with Crippen LogP contribution in [0.5, 0.6) is 0 Å². The zero-order valence-corrected chi connectivity index (χ0v) is 18.1. The molecule has 2 aromatic carbocycles. The number of fused-ring (bicyclic) bond motifs is 1. The number of aliphatic hydroxyl groups is 1. The van der Waals surface area contributed by atoms with E-state index in [0.717, 1.165) is 61.4 Å². The van der Waals surface area contributed by atoms with E-state index in [2.05, 4.69) is 21.6 Å². The van der Waals surface area contributed by atoms with Crippen LogP contribution in [0.3, 0.4) is 0 Å². The number of anilines is 1. The van der Waals surface area contributed by atoms with Crippen molar-refractivity contribution in [1.82, 2.24) is 10.2 Å². The fraction of sp³-hybridized carbons (Fsp3) is 0.417. The van der Waals surface area contributed by atoms with Gasteiger partial charge in [-0.3, -0.25) is 9.69 Å². The minimum absolute atomic E-state index is 0.00211. The third-order valence-corrected chi connectivity index (χ3v) is 5.25. The van der Waals surface area contributed by atoms with Crippen LogP contribution in [0, 0.1) is 11.3 Å². The molecule has 2 aromatic rings. The second-order valence-corrected chi connectivity index (χ2v) is 8.37. The summed E-state index contributed by atoms with van der Waals surface area (Å²) in [5.41, 5.74) is 1.05. The minimum atomic E-state index is -0.790. The van der Waals surface area contributed by atoms with Crippen molar-refractivity contribution in [2.75, 3.05) is 51.3 Å². The smallest absolute Gasteiger partial charge is 0.262 e. The van der Waals surface area contributed by atoms with E-state index in [1.165, 1.54) is 0 Å². The molecule has 1 aliphatic rings. The number of carbonyl (C=O) groups excluding carboxylic acids is 1. The topological polar surface area (TPSA) is 97.6 Å². The molecule has 7 heteroatoms. The van der Waals surface area contributed by atoms with E-state index in [4.69, 9.17) is 4.74 Å². The Hall–Kier alpha value is -2.92. The number of nitrogens with one attached hydrogen (secondary N) is 2. The lowest BCUT2D eigenvalue weighted by Crippen LogP contribution is -2.46. The lowest BCUT2D eigenvalue weighted by atomic mass is 10.0. The molecule has 1 saturated heterocycles. The Morgan fingerprint density at radius 3 is 2.65 bits per heavy atom. The largest absolute Gasteiger partial charge is 0.394 e. The van der Waals surface area contributed by atoms with Gasteiger partial charge in [0.1, 0.15) is 11.6 Å². The summed E-state index contributed by atoms with van der Waals surface area (Å²) >= 11 is 0. The highest BCUT2D eigenvalue weighted by atomic mass is 16.5. The molecule has 164 valence electrons. The highest BCUT2D eigenvalue weighted by Gasteiger charge is 2.21. The van der Waals surface area contributed by atoms with Crippen LogP contribution in [0.1, 0.15) is 19.4 Å². The Morgan fingerprint density at radius 2 is 1.94 bits per heavy atom. The number of ether oxygens (including phenoxy) is 1. The van der Waals surface area contributed by atoms with Gasteiger partial charge >= 0.3 is 0 Å². The third-order valence-electron chi connectivity index (χ3n) is 5.25. The van der Waals surface area contributed by atoms with E-state index in [9.17, 15) is 15.2 Å². The molecule has 3 rings (SSSR count). The number of nitrogens with zero attached hydrogens (tertiary/aromatic N) is 2. The zero-order valence-electron chi connectivity index (χ0n) is 18.1. The zero-order chi connectivity index (χ0) is 22.3. The van der Waals surface area contributed by atoms with E-state index in [1.807, 2.05) is 36.4 Å². The number of nitriles is 1. The molecule has 7 nitrogen and oxygen atoms in total. The number of benzene rings is 2. The number of rotatable bonds is 8. The molecular weight excluding hydrogens is 392 g/mol. The number of aliphatic hydroxyl groups excluding tert-OH is 1. The molecule has 3 N–H and O–H groups in total. The summed E-state index contributed by atoms with van der Waals surface area (Å²) in [6, 6.07) is 14.0. The van der Waals surface area contributed by atoms with Crippen molar-refractivity contribution in [2.45, 2.75) is 19.4 Å². The van der Waals surface area contributed by atoms with Crippen molar-refractivity contribution in [3.63, 3.8) is 0 Å². The third kappa shape index (κ3) is 6.53. The molecule has 0 unspecified atom stereocenters. The maximum Gasteiger partial charge on any atom is 0.262 e. The van der Waals surface area contributed by atoms with Gasteiger partial charge in [0.25, 0.3) is 5.91 Å². The van der Waals surface area contributed by atoms with Gasteiger partial charge in [-0.05, 0) is 54.5 Å². The molecule has 1 aliphatic heterocycles. The van der Waals surface area contributed by atoms with Crippen molar-refractivity contribution in [1.29, 1.82) is 5.26 Å². The fourth-order valence-electron chi connectivity index (χ4n) is 3.38. The SMILES string of the molecule is CC(C)(CO)NC(=O)/C(C#N)=C/c1ccc2cc(NCCN3CCOCC3)ccc2c1. The van der Waals surface area contributed by atoms with Crippen LogP contribution in [0.15, 0.2) is 42.0 Å². The van der Waals surface area contributed by atoms with Gasteiger partial charge in [-0.25, -0.2) is 0 Å². The second-order valence-electron chi connectivity index (χ2n) is 8.37. The van der Waals surface area contributed by atoms with Crippen molar-refractivity contribution in [3.8, 4) is 6.07 Å². The van der Waals surface area contributed by atoms with Crippen LogP contribution < -0.4 is 10.6 Å². The quantitative estimate of drug-likeness (QED) is 0.446. The van der Waals surface area contributed by atoms with Gasteiger partial charge < -0.3 is 20.5 Å². The van der Waals surface area contributed by atoms with Crippen molar-refractivity contribution >= 4 is 28.4 Å². The Kier molecular flexibility index (Phi) is 7.64. The minimum Gasteiger partial charge on any atom is -0.394 e. The summed E-state index contributed by atoms with van der Waals surface area (Å²) in [7, 11) is 0. The van der Waals surface area contributed by atoms with Crippen LogP contribution in [0.2, 0.25) is 0 Å². The Balaban J connectivity index is 1.66.